The molecule has 1 atom stereocenters. The highest BCUT2D eigenvalue weighted by atomic mass is 16.6. The summed E-state index contributed by atoms with van der Waals surface area (Å²) in [4.78, 5) is 25.3. The van der Waals surface area contributed by atoms with Crippen molar-refractivity contribution in [3.05, 3.63) is 48.6 Å². The molecule has 5 nitrogen and oxygen atoms in total. The molecular formula is C51H92O5. The zero-order chi connectivity index (χ0) is 40.7. The third-order valence-electron chi connectivity index (χ3n) is 10.3. The van der Waals surface area contributed by atoms with E-state index in [2.05, 4.69) is 69.4 Å². The Hall–Kier alpha value is -2.14. The van der Waals surface area contributed by atoms with Crippen molar-refractivity contribution in [2.24, 2.45) is 0 Å². The van der Waals surface area contributed by atoms with E-state index < -0.39 is 6.10 Å². The molecule has 0 spiro atoms. The summed E-state index contributed by atoms with van der Waals surface area (Å²) < 4.78 is 17.3. The molecule has 0 aromatic carbocycles. The van der Waals surface area contributed by atoms with E-state index in [1.165, 1.54) is 141 Å². The smallest absolute Gasteiger partial charge is 0.306 e. The van der Waals surface area contributed by atoms with Gasteiger partial charge in [0.1, 0.15) is 6.61 Å². The summed E-state index contributed by atoms with van der Waals surface area (Å²) in [6, 6.07) is 0. The van der Waals surface area contributed by atoms with Crippen LogP contribution in [0, 0.1) is 0 Å². The van der Waals surface area contributed by atoms with E-state index in [0.717, 1.165) is 64.2 Å². The Morgan fingerprint density at radius 2 is 0.768 bits per heavy atom. The van der Waals surface area contributed by atoms with Crippen molar-refractivity contribution in [1.82, 2.24) is 0 Å². The maximum atomic E-state index is 12.7. The lowest BCUT2D eigenvalue weighted by molar-refractivity contribution is -0.163. The average Bonchev–Trinajstić information content (AvgIpc) is 3.20. The van der Waals surface area contributed by atoms with Gasteiger partial charge >= 0.3 is 11.9 Å². The van der Waals surface area contributed by atoms with E-state index >= 15 is 0 Å². The summed E-state index contributed by atoms with van der Waals surface area (Å²) in [5.41, 5.74) is 0. The van der Waals surface area contributed by atoms with Crippen molar-refractivity contribution >= 4 is 11.9 Å². The van der Waals surface area contributed by atoms with Crippen molar-refractivity contribution in [3.8, 4) is 0 Å². The average molecular weight is 785 g/mol. The zero-order valence-corrected chi connectivity index (χ0v) is 37.4. The Kier molecular flexibility index (Phi) is 45.4. The molecular weight excluding hydrogens is 693 g/mol. The second-order valence-corrected chi connectivity index (χ2v) is 16.0. The quantitative estimate of drug-likeness (QED) is 0.0350. The predicted octanol–water partition coefficient (Wildman–Crippen LogP) is 16.0. The second-order valence-electron chi connectivity index (χ2n) is 16.0. The van der Waals surface area contributed by atoms with Gasteiger partial charge in [-0.2, -0.15) is 0 Å². The SMILES string of the molecule is CCCC/C=C\CCCCCCCCOCC(COC(=O)CCCCCCCCC/C=C\C/C=C\CCCCC)OC(=O)CCCCCCC/C=C\CCCC. The molecule has 0 saturated heterocycles. The van der Waals surface area contributed by atoms with E-state index in [1.54, 1.807) is 0 Å². The Balaban J connectivity index is 4.24. The van der Waals surface area contributed by atoms with Gasteiger partial charge in [0, 0.05) is 19.4 Å². The first-order valence-corrected chi connectivity index (χ1v) is 24.2. The number of rotatable bonds is 44. The molecule has 0 aliphatic rings. The van der Waals surface area contributed by atoms with Crippen molar-refractivity contribution in [3.63, 3.8) is 0 Å². The highest BCUT2D eigenvalue weighted by Gasteiger charge is 2.17. The van der Waals surface area contributed by atoms with Crippen molar-refractivity contribution in [1.29, 1.82) is 0 Å². The number of allylic oxidation sites excluding steroid dienone is 8. The molecule has 0 N–H and O–H groups in total. The minimum atomic E-state index is -0.543. The van der Waals surface area contributed by atoms with Crippen molar-refractivity contribution in [2.75, 3.05) is 19.8 Å². The maximum absolute atomic E-state index is 12.7. The van der Waals surface area contributed by atoms with Gasteiger partial charge in [0.05, 0.1) is 6.61 Å². The van der Waals surface area contributed by atoms with Crippen LogP contribution in [-0.4, -0.2) is 37.9 Å². The van der Waals surface area contributed by atoms with E-state index in [0.29, 0.717) is 19.4 Å². The summed E-state index contributed by atoms with van der Waals surface area (Å²) in [5, 5.41) is 0. The molecule has 0 bridgehead atoms. The minimum Gasteiger partial charge on any atom is -0.462 e. The Labute approximate surface area is 348 Å². The summed E-state index contributed by atoms with van der Waals surface area (Å²) in [6.07, 6.45) is 56.8. The summed E-state index contributed by atoms with van der Waals surface area (Å²) >= 11 is 0. The van der Waals surface area contributed by atoms with E-state index in [4.69, 9.17) is 14.2 Å². The van der Waals surface area contributed by atoms with Gasteiger partial charge in [0.15, 0.2) is 6.10 Å². The Morgan fingerprint density at radius 3 is 1.25 bits per heavy atom. The Bertz CT molecular complexity index is 935. The summed E-state index contributed by atoms with van der Waals surface area (Å²) in [7, 11) is 0. The summed E-state index contributed by atoms with van der Waals surface area (Å²) in [5.74, 6) is -0.416. The zero-order valence-electron chi connectivity index (χ0n) is 37.4. The van der Waals surface area contributed by atoms with Gasteiger partial charge in [-0.1, -0.05) is 185 Å². The van der Waals surface area contributed by atoms with Gasteiger partial charge < -0.3 is 14.2 Å². The molecule has 56 heavy (non-hydrogen) atoms. The molecule has 0 rings (SSSR count). The van der Waals surface area contributed by atoms with E-state index in [-0.39, 0.29) is 25.2 Å². The van der Waals surface area contributed by atoms with Gasteiger partial charge in [0.25, 0.3) is 0 Å². The molecule has 0 aromatic rings. The third-order valence-corrected chi connectivity index (χ3v) is 10.3. The van der Waals surface area contributed by atoms with Crippen LogP contribution < -0.4 is 0 Å². The van der Waals surface area contributed by atoms with Crippen LogP contribution in [0.25, 0.3) is 0 Å². The number of hydrogen-bond donors (Lipinski definition) is 0. The molecule has 5 heteroatoms. The molecule has 0 saturated carbocycles. The lowest BCUT2D eigenvalue weighted by atomic mass is 10.1. The maximum Gasteiger partial charge on any atom is 0.306 e. The Morgan fingerprint density at radius 1 is 0.393 bits per heavy atom. The first-order chi connectivity index (χ1) is 27.6. The molecule has 326 valence electrons. The monoisotopic (exact) mass is 785 g/mol. The molecule has 0 radical (unpaired) electrons. The predicted molar refractivity (Wildman–Crippen MR) is 242 cm³/mol. The number of unbranched alkanes of at least 4 members (excludes halogenated alkanes) is 25. The van der Waals surface area contributed by atoms with Crippen LogP contribution in [0.5, 0.6) is 0 Å². The fraction of sp³-hybridized carbons (Fsp3) is 0.804. The third kappa shape index (κ3) is 44.6. The standard InChI is InChI=1S/C51H92O5/c1-4-7-10-13-16-19-22-24-25-26-27-28-30-32-35-38-41-44-50(52)55-48-49(47-54-46-43-40-37-34-31-23-20-17-14-11-8-5-2)56-51(53)45-42-39-36-33-29-21-18-15-12-9-6-3/h14-19,24-25,49H,4-13,20-23,26-48H2,1-3H3/b17-14-,18-15-,19-16-,25-24-. The van der Waals surface area contributed by atoms with Gasteiger partial charge in [-0.3, -0.25) is 9.59 Å². The van der Waals surface area contributed by atoms with Crippen LogP contribution in [0.1, 0.15) is 239 Å². The van der Waals surface area contributed by atoms with Crippen LogP contribution >= 0.6 is 0 Å². The largest absolute Gasteiger partial charge is 0.462 e. The topological polar surface area (TPSA) is 61.8 Å². The van der Waals surface area contributed by atoms with E-state index in [9.17, 15) is 9.59 Å². The van der Waals surface area contributed by atoms with Gasteiger partial charge in [-0.25, -0.2) is 0 Å². The van der Waals surface area contributed by atoms with Crippen LogP contribution in [0.2, 0.25) is 0 Å². The lowest BCUT2D eigenvalue weighted by Crippen LogP contribution is -2.30. The molecule has 1 unspecified atom stereocenters. The number of carbonyl (C=O) groups is 2. The highest BCUT2D eigenvalue weighted by molar-refractivity contribution is 5.70. The van der Waals surface area contributed by atoms with Crippen LogP contribution in [0.4, 0.5) is 0 Å². The first kappa shape index (κ1) is 53.9. The molecule has 0 fully saturated rings. The van der Waals surface area contributed by atoms with Gasteiger partial charge in [-0.15, -0.1) is 0 Å². The van der Waals surface area contributed by atoms with Crippen LogP contribution in [-0.2, 0) is 23.8 Å². The highest BCUT2D eigenvalue weighted by Crippen LogP contribution is 2.13. The first-order valence-electron chi connectivity index (χ1n) is 24.2. The molecule has 0 heterocycles. The fourth-order valence-electron chi connectivity index (χ4n) is 6.62. The molecule has 0 aliphatic carbocycles. The minimum absolute atomic E-state index is 0.0763. The van der Waals surface area contributed by atoms with Gasteiger partial charge in [-0.05, 0) is 89.9 Å². The summed E-state index contributed by atoms with van der Waals surface area (Å²) in [6.45, 7) is 7.72. The van der Waals surface area contributed by atoms with Crippen LogP contribution in [0.3, 0.4) is 0 Å². The lowest BCUT2D eigenvalue weighted by Gasteiger charge is -2.18. The van der Waals surface area contributed by atoms with Crippen molar-refractivity contribution < 1.29 is 23.8 Å². The van der Waals surface area contributed by atoms with E-state index in [1.807, 2.05) is 0 Å². The normalized spacial score (nSPS) is 12.6. The van der Waals surface area contributed by atoms with Crippen LogP contribution in [0.15, 0.2) is 48.6 Å². The molecule has 0 aliphatic heterocycles. The van der Waals surface area contributed by atoms with Gasteiger partial charge in [0.2, 0.25) is 0 Å². The second kappa shape index (κ2) is 47.2. The van der Waals surface area contributed by atoms with Crippen molar-refractivity contribution in [2.45, 2.75) is 245 Å². The number of hydrogen-bond acceptors (Lipinski definition) is 5. The fourth-order valence-corrected chi connectivity index (χ4v) is 6.62. The molecule has 0 amide bonds. The number of esters is 2. The number of carbonyl (C=O) groups excluding carboxylic acids is 2. The molecule has 0 aromatic heterocycles. The number of ether oxygens (including phenoxy) is 3.